The monoisotopic (exact) mass is 145 g/mol. The van der Waals surface area contributed by atoms with Gasteiger partial charge in [-0.2, -0.15) is 0 Å². The molecular formula is C11H13. The van der Waals surface area contributed by atoms with E-state index >= 15 is 0 Å². The summed E-state index contributed by atoms with van der Waals surface area (Å²) < 4.78 is 0. The molecule has 1 saturated carbocycles. The molecule has 2 rings (SSSR count). The van der Waals surface area contributed by atoms with Crippen molar-refractivity contribution in [2.45, 2.75) is 26.7 Å². The molecule has 11 heavy (non-hydrogen) atoms. The van der Waals surface area contributed by atoms with Gasteiger partial charge in [0.25, 0.3) is 0 Å². The van der Waals surface area contributed by atoms with Crippen molar-refractivity contribution in [1.82, 2.24) is 0 Å². The highest BCUT2D eigenvalue weighted by Gasteiger charge is 2.25. The van der Waals surface area contributed by atoms with E-state index in [2.05, 4.69) is 32.0 Å². The van der Waals surface area contributed by atoms with Gasteiger partial charge in [-0.05, 0) is 37.8 Å². The van der Waals surface area contributed by atoms with Gasteiger partial charge in [-0.25, -0.2) is 0 Å². The SMILES string of the molecule is Cc1ccc([C]2CC2)c(C)c1. The van der Waals surface area contributed by atoms with E-state index in [0.717, 1.165) is 0 Å². The number of hydrogen-bond donors (Lipinski definition) is 0. The van der Waals surface area contributed by atoms with Gasteiger partial charge in [0, 0.05) is 5.92 Å². The van der Waals surface area contributed by atoms with E-state index in [9.17, 15) is 0 Å². The molecule has 1 aliphatic rings. The second kappa shape index (κ2) is 2.37. The Kier molecular flexibility index (Phi) is 1.49. The maximum Gasteiger partial charge on any atom is 0.00532 e. The van der Waals surface area contributed by atoms with Crippen LogP contribution in [0.2, 0.25) is 0 Å². The maximum atomic E-state index is 2.26. The fourth-order valence-corrected chi connectivity index (χ4v) is 1.54. The second-order valence-corrected chi connectivity index (χ2v) is 3.42. The summed E-state index contributed by atoms with van der Waals surface area (Å²) in [6.45, 7) is 4.35. The van der Waals surface area contributed by atoms with Gasteiger partial charge >= 0.3 is 0 Å². The van der Waals surface area contributed by atoms with E-state index in [4.69, 9.17) is 0 Å². The summed E-state index contributed by atoms with van der Waals surface area (Å²) >= 11 is 0. The van der Waals surface area contributed by atoms with Crippen LogP contribution in [-0.4, -0.2) is 0 Å². The Morgan fingerprint density at radius 1 is 1.09 bits per heavy atom. The molecule has 0 unspecified atom stereocenters. The molecule has 0 heterocycles. The molecule has 1 fully saturated rings. The molecule has 1 aliphatic carbocycles. The lowest BCUT2D eigenvalue weighted by Gasteiger charge is -2.03. The molecule has 0 saturated heterocycles. The average Bonchev–Trinajstić information content (AvgIpc) is 2.70. The van der Waals surface area contributed by atoms with Crippen molar-refractivity contribution in [3.8, 4) is 0 Å². The van der Waals surface area contributed by atoms with Crippen molar-refractivity contribution >= 4 is 0 Å². The molecule has 0 atom stereocenters. The Bertz CT molecular complexity index is 269. The van der Waals surface area contributed by atoms with E-state index in [1.165, 1.54) is 29.5 Å². The molecule has 0 amide bonds. The number of benzene rings is 1. The van der Waals surface area contributed by atoms with Crippen molar-refractivity contribution < 1.29 is 0 Å². The van der Waals surface area contributed by atoms with Crippen molar-refractivity contribution in [3.63, 3.8) is 0 Å². The van der Waals surface area contributed by atoms with Crippen LogP contribution in [0.1, 0.15) is 29.5 Å². The zero-order chi connectivity index (χ0) is 7.84. The third-order valence-corrected chi connectivity index (χ3v) is 2.26. The van der Waals surface area contributed by atoms with Crippen LogP contribution in [0.3, 0.4) is 0 Å². The number of aryl methyl sites for hydroxylation is 2. The summed E-state index contributed by atoms with van der Waals surface area (Å²) in [6.07, 6.45) is 2.65. The summed E-state index contributed by atoms with van der Waals surface area (Å²) in [5, 5.41) is 0. The normalized spacial score (nSPS) is 16.9. The van der Waals surface area contributed by atoms with E-state index in [1.54, 1.807) is 5.92 Å². The predicted molar refractivity (Wildman–Crippen MR) is 47.5 cm³/mol. The molecule has 0 heteroatoms. The average molecular weight is 145 g/mol. The van der Waals surface area contributed by atoms with Gasteiger partial charge in [0.2, 0.25) is 0 Å². The first-order chi connectivity index (χ1) is 5.27. The van der Waals surface area contributed by atoms with Gasteiger partial charge < -0.3 is 0 Å². The Morgan fingerprint density at radius 3 is 2.36 bits per heavy atom. The topological polar surface area (TPSA) is 0 Å². The van der Waals surface area contributed by atoms with Crippen LogP contribution in [0.4, 0.5) is 0 Å². The smallest absolute Gasteiger partial charge is 0.00532 e. The predicted octanol–water partition coefficient (Wildman–Crippen LogP) is 3.02. The van der Waals surface area contributed by atoms with Crippen molar-refractivity contribution in [2.24, 2.45) is 0 Å². The quantitative estimate of drug-likeness (QED) is 0.569. The van der Waals surface area contributed by atoms with Gasteiger partial charge in [0.05, 0.1) is 0 Å². The first-order valence-electron chi connectivity index (χ1n) is 4.20. The molecule has 0 spiro atoms. The van der Waals surface area contributed by atoms with Crippen LogP contribution in [0.15, 0.2) is 18.2 Å². The summed E-state index contributed by atoms with van der Waals surface area (Å²) in [5.41, 5.74) is 4.31. The highest BCUT2D eigenvalue weighted by Crippen LogP contribution is 2.40. The molecule has 0 bridgehead atoms. The van der Waals surface area contributed by atoms with Gasteiger partial charge in [0.15, 0.2) is 0 Å². The number of rotatable bonds is 1. The standard InChI is InChI=1S/C11H13/c1-8-3-6-11(9(2)7-8)10-4-5-10/h3,6-7H,4-5H2,1-2H3. The lowest BCUT2D eigenvalue weighted by atomic mass is 10.0. The fourth-order valence-electron chi connectivity index (χ4n) is 1.54. The third-order valence-electron chi connectivity index (χ3n) is 2.26. The molecule has 0 aliphatic heterocycles. The minimum absolute atomic E-state index is 1.32. The summed E-state index contributed by atoms with van der Waals surface area (Å²) in [7, 11) is 0. The summed E-state index contributed by atoms with van der Waals surface area (Å²) in [5.74, 6) is 1.64. The maximum absolute atomic E-state index is 2.26. The zero-order valence-corrected chi connectivity index (χ0v) is 7.15. The van der Waals surface area contributed by atoms with Gasteiger partial charge in [-0.15, -0.1) is 0 Å². The van der Waals surface area contributed by atoms with E-state index in [1.807, 2.05) is 0 Å². The highest BCUT2D eigenvalue weighted by molar-refractivity contribution is 5.44. The van der Waals surface area contributed by atoms with Crippen molar-refractivity contribution in [3.05, 3.63) is 40.8 Å². The molecule has 1 aromatic rings. The van der Waals surface area contributed by atoms with E-state index in [-0.39, 0.29) is 0 Å². The Labute approximate surface area is 68.3 Å². The Balaban J connectivity index is 2.39. The minimum atomic E-state index is 1.32. The van der Waals surface area contributed by atoms with Crippen LogP contribution in [0.25, 0.3) is 0 Å². The fraction of sp³-hybridized carbons (Fsp3) is 0.364. The summed E-state index contributed by atoms with van der Waals surface area (Å²) in [6, 6.07) is 6.72. The van der Waals surface area contributed by atoms with Crippen LogP contribution in [0, 0.1) is 19.8 Å². The van der Waals surface area contributed by atoms with Crippen molar-refractivity contribution in [1.29, 1.82) is 0 Å². The molecule has 0 N–H and O–H groups in total. The zero-order valence-electron chi connectivity index (χ0n) is 7.15. The molecule has 0 nitrogen and oxygen atoms in total. The highest BCUT2D eigenvalue weighted by atomic mass is 14.3. The largest absolute Gasteiger partial charge is 0.0590 e. The van der Waals surface area contributed by atoms with Gasteiger partial charge in [0.1, 0.15) is 0 Å². The third kappa shape index (κ3) is 1.30. The van der Waals surface area contributed by atoms with Crippen LogP contribution < -0.4 is 0 Å². The molecular weight excluding hydrogens is 132 g/mol. The molecule has 0 aromatic heterocycles. The Hall–Kier alpha value is -0.780. The first-order valence-corrected chi connectivity index (χ1v) is 4.20. The summed E-state index contributed by atoms with van der Waals surface area (Å²) in [4.78, 5) is 0. The molecule has 1 radical (unpaired) electrons. The minimum Gasteiger partial charge on any atom is -0.0590 e. The first kappa shape index (κ1) is 6.90. The lowest BCUT2D eigenvalue weighted by Crippen LogP contribution is -1.86. The van der Waals surface area contributed by atoms with E-state index < -0.39 is 0 Å². The molecule has 57 valence electrons. The molecule has 1 aromatic carbocycles. The lowest BCUT2D eigenvalue weighted by molar-refractivity contribution is 1.28. The Morgan fingerprint density at radius 2 is 1.82 bits per heavy atom. The number of hydrogen-bond acceptors (Lipinski definition) is 0. The van der Waals surface area contributed by atoms with Crippen molar-refractivity contribution in [2.75, 3.05) is 0 Å². The van der Waals surface area contributed by atoms with Crippen LogP contribution in [0.5, 0.6) is 0 Å². The van der Waals surface area contributed by atoms with Gasteiger partial charge in [-0.1, -0.05) is 23.8 Å². The van der Waals surface area contributed by atoms with Crippen LogP contribution in [-0.2, 0) is 0 Å². The van der Waals surface area contributed by atoms with Gasteiger partial charge in [-0.3, -0.25) is 0 Å². The van der Waals surface area contributed by atoms with Crippen LogP contribution >= 0.6 is 0 Å². The second-order valence-electron chi connectivity index (χ2n) is 3.42. The van der Waals surface area contributed by atoms with E-state index in [0.29, 0.717) is 0 Å².